The summed E-state index contributed by atoms with van der Waals surface area (Å²) >= 11 is 0. The van der Waals surface area contributed by atoms with Gasteiger partial charge in [-0.2, -0.15) is 0 Å². The molecule has 0 saturated heterocycles. The number of rotatable bonds is 0. The van der Waals surface area contributed by atoms with Gasteiger partial charge in [-0.25, -0.2) is 4.79 Å². The third kappa shape index (κ3) is 4.74. The van der Waals surface area contributed by atoms with E-state index in [0.717, 1.165) is 0 Å². The minimum atomic E-state index is -0.875. The zero-order chi connectivity index (χ0) is 5.86. The molecule has 39 valence electrons. The van der Waals surface area contributed by atoms with Crippen LogP contribution in [0.3, 0.4) is 0 Å². The molecule has 0 aliphatic heterocycles. The van der Waals surface area contributed by atoms with Crippen LogP contribution in [0.1, 0.15) is 0 Å². The van der Waals surface area contributed by atoms with Crippen LogP contribution in [-0.4, -0.2) is 12.0 Å². The second-order valence-corrected chi connectivity index (χ2v) is 0.864. The normalized spacial score (nSPS) is 7.43. The lowest BCUT2D eigenvalue weighted by molar-refractivity contribution is 0.253. The van der Waals surface area contributed by atoms with Crippen LogP contribution >= 0.6 is 0 Å². The van der Waals surface area contributed by atoms with E-state index in [1.54, 1.807) is 5.32 Å². The quantitative estimate of drug-likeness (QED) is 0.261. The predicted molar refractivity (Wildman–Crippen MR) is 23.5 cm³/mol. The van der Waals surface area contributed by atoms with E-state index in [-0.39, 0.29) is 0 Å². The van der Waals surface area contributed by atoms with Crippen LogP contribution in [0, 0.1) is 5.41 Å². The maximum Gasteiger partial charge on any atom is 0.318 e. The first kappa shape index (κ1) is 5.74. The summed E-state index contributed by atoms with van der Waals surface area (Å²) in [6.07, 6.45) is 0. The van der Waals surface area contributed by atoms with Gasteiger partial charge >= 0.3 is 6.03 Å². The van der Waals surface area contributed by atoms with Gasteiger partial charge in [-0.05, 0) is 0 Å². The van der Waals surface area contributed by atoms with Crippen LogP contribution in [0.25, 0.3) is 0 Å². The number of hydrogen-bond donors (Lipinski definition) is 3. The molecular formula is C2H5N4O. The van der Waals surface area contributed by atoms with Gasteiger partial charge in [0.2, 0.25) is 5.96 Å². The molecule has 5 N–H and O–H groups in total. The second-order valence-electron chi connectivity index (χ2n) is 0.864. The zero-order valence-corrected chi connectivity index (χ0v) is 3.49. The minimum absolute atomic E-state index is 0.687. The highest BCUT2D eigenvalue weighted by Crippen LogP contribution is 1.50. The van der Waals surface area contributed by atoms with Crippen molar-refractivity contribution in [3.63, 3.8) is 0 Å². The summed E-state index contributed by atoms with van der Waals surface area (Å²) in [6, 6.07) is -0.875. The summed E-state index contributed by atoms with van der Waals surface area (Å²) in [5.41, 5.74) is 10.8. The zero-order valence-electron chi connectivity index (χ0n) is 3.49. The van der Waals surface area contributed by atoms with Gasteiger partial charge in [-0.15, -0.1) is 0 Å². The average Bonchev–Trinajstić information content (AvgIpc) is 1.27. The summed E-state index contributed by atoms with van der Waals surface area (Å²) in [4.78, 5) is 9.66. The van der Waals surface area contributed by atoms with E-state index in [9.17, 15) is 4.79 Å². The summed E-state index contributed by atoms with van der Waals surface area (Å²) in [5, 5.41) is 7.97. The molecule has 0 atom stereocenters. The molecule has 2 amide bonds. The lowest BCUT2D eigenvalue weighted by atomic mass is 10.9. The molecule has 5 heteroatoms. The summed E-state index contributed by atoms with van der Waals surface area (Å²) in [6.45, 7) is 0. The molecular weight excluding hydrogens is 96.0 g/mol. The van der Waals surface area contributed by atoms with E-state index >= 15 is 0 Å². The molecule has 0 aliphatic carbocycles. The molecule has 0 heterocycles. The van der Waals surface area contributed by atoms with Gasteiger partial charge in [0.1, 0.15) is 0 Å². The Kier molecular flexibility index (Phi) is 1.65. The largest absolute Gasteiger partial charge is 0.351 e. The molecule has 7 heavy (non-hydrogen) atoms. The Bertz CT molecular complexity index is 85.9. The van der Waals surface area contributed by atoms with Gasteiger partial charge in [0.25, 0.3) is 0 Å². The Morgan fingerprint density at radius 1 is 1.71 bits per heavy atom. The standard InChI is InChI=1S/C2H5N4O/c3-1(4)6-2(5)7/h3H,(H4,4,5,6,7). The van der Waals surface area contributed by atoms with E-state index in [0.29, 0.717) is 0 Å². The first-order chi connectivity index (χ1) is 3.13. The Labute approximate surface area is 40.2 Å². The Morgan fingerprint density at radius 2 is 2.14 bits per heavy atom. The van der Waals surface area contributed by atoms with E-state index in [4.69, 9.17) is 11.1 Å². The van der Waals surface area contributed by atoms with Gasteiger partial charge in [0.05, 0.1) is 0 Å². The fourth-order valence-electron chi connectivity index (χ4n) is 0.123. The smallest absolute Gasteiger partial charge is 0.318 e. The van der Waals surface area contributed by atoms with Gasteiger partial charge < -0.3 is 5.73 Å². The van der Waals surface area contributed by atoms with Crippen LogP contribution < -0.4 is 16.8 Å². The van der Waals surface area contributed by atoms with Gasteiger partial charge in [-0.3, -0.25) is 16.5 Å². The number of guanidine groups is 1. The molecule has 0 aromatic heterocycles. The monoisotopic (exact) mass is 101 g/mol. The predicted octanol–water partition coefficient (Wildman–Crippen LogP) is -1.13. The van der Waals surface area contributed by atoms with Crippen molar-refractivity contribution in [3.8, 4) is 0 Å². The van der Waals surface area contributed by atoms with Crippen molar-refractivity contribution in [2.75, 3.05) is 0 Å². The number of nitrogens with one attached hydrogen (secondary N) is 3. The third-order valence-corrected chi connectivity index (χ3v) is 0.248. The summed E-state index contributed by atoms with van der Waals surface area (Å²) < 4.78 is 0. The molecule has 0 aromatic carbocycles. The van der Waals surface area contributed by atoms with E-state index in [1.807, 2.05) is 0 Å². The van der Waals surface area contributed by atoms with Crippen LogP contribution in [-0.2, 0) is 0 Å². The highest BCUT2D eigenvalue weighted by molar-refractivity contribution is 5.92. The van der Waals surface area contributed by atoms with Crippen LogP contribution in [0.2, 0.25) is 0 Å². The Hall–Kier alpha value is -1.26. The molecule has 0 fully saturated rings. The van der Waals surface area contributed by atoms with E-state index in [1.165, 1.54) is 0 Å². The minimum Gasteiger partial charge on any atom is -0.351 e. The number of nitrogens with two attached hydrogens (primary N) is 1. The maximum atomic E-state index is 9.66. The molecule has 0 spiro atoms. The van der Waals surface area contributed by atoms with Gasteiger partial charge in [0, 0.05) is 0 Å². The van der Waals surface area contributed by atoms with Gasteiger partial charge in [-0.1, -0.05) is 0 Å². The van der Waals surface area contributed by atoms with Crippen LogP contribution in [0.15, 0.2) is 0 Å². The lowest BCUT2D eigenvalue weighted by Gasteiger charge is -1.90. The molecule has 0 unspecified atom stereocenters. The number of primary amides is 1. The third-order valence-electron chi connectivity index (χ3n) is 0.248. The Morgan fingerprint density at radius 3 is 2.14 bits per heavy atom. The highest BCUT2D eigenvalue weighted by Gasteiger charge is 1.89. The molecule has 1 radical (unpaired) electrons. The van der Waals surface area contributed by atoms with Crippen molar-refractivity contribution in [1.82, 2.24) is 11.1 Å². The molecule has 0 saturated carbocycles. The van der Waals surface area contributed by atoms with Crippen molar-refractivity contribution in [1.29, 1.82) is 5.41 Å². The molecule has 0 rings (SSSR count). The highest BCUT2D eigenvalue weighted by atomic mass is 16.2. The lowest BCUT2D eigenvalue weighted by Crippen LogP contribution is -2.34. The van der Waals surface area contributed by atoms with Crippen molar-refractivity contribution < 1.29 is 4.79 Å². The van der Waals surface area contributed by atoms with Crippen molar-refractivity contribution in [3.05, 3.63) is 0 Å². The number of carbonyl (C=O) groups is 1. The summed E-state index contributed by atoms with van der Waals surface area (Å²) in [7, 11) is 0. The average molecular weight is 101 g/mol. The van der Waals surface area contributed by atoms with Crippen molar-refractivity contribution >= 4 is 12.0 Å². The van der Waals surface area contributed by atoms with Gasteiger partial charge in [0.15, 0.2) is 0 Å². The van der Waals surface area contributed by atoms with Crippen LogP contribution in [0.4, 0.5) is 4.79 Å². The number of carbonyl (C=O) groups excluding carboxylic acids is 1. The van der Waals surface area contributed by atoms with Crippen molar-refractivity contribution in [2.24, 2.45) is 5.73 Å². The number of hydrogen-bond acceptors (Lipinski definition) is 2. The summed E-state index contributed by atoms with van der Waals surface area (Å²) in [5.74, 6) is -0.687. The topological polar surface area (TPSA) is 103 Å². The first-order valence-electron chi connectivity index (χ1n) is 1.49. The molecule has 0 bridgehead atoms. The molecule has 5 nitrogen and oxygen atoms in total. The van der Waals surface area contributed by atoms with E-state index in [2.05, 4.69) is 5.73 Å². The Balaban J connectivity index is 3.32. The maximum absolute atomic E-state index is 9.66. The molecule has 0 aromatic rings. The van der Waals surface area contributed by atoms with E-state index < -0.39 is 12.0 Å². The fourth-order valence-corrected chi connectivity index (χ4v) is 0.123. The number of amides is 2. The molecule has 0 aliphatic rings. The SMILES string of the molecule is [NH]C(=N)NC(N)=O. The fraction of sp³-hybridized carbons (Fsp3) is 0. The van der Waals surface area contributed by atoms with Crippen LogP contribution in [0.5, 0.6) is 0 Å². The first-order valence-corrected chi connectivity index (χ1v) is 1.49. The second kappa shape index (κ2) is 2.01. The van der Waals surface area contributed by atoms with Crippen molar-refractivity contribution in [2.45, 2.75) is 0 Å². The number of urea groups is 1.